The van der Waals surface area contributed by atoms with Crippen LogP contribution in [0, 0.1) is 0 Å². The number of aliphatic carboxylic acids is 1. The topological polar surface area (TPSA) is 95.5 Å². The zero-order valence-electron chi connectivity index (χ0n) is 11.4. The van der Waals surface area contributed by atoms with Crippen LogP contribution in [0.15, 0.2) is 18.2 Å². The van der Waals surface area contributed by atoms with Crippen molar-refractivity contribution in [3.05, 3.63) is 33.8 Å². The number of amides is 2. The van der Waals surface area contributed by atoms with Crippen molar-refractivity contribution in [2.24, 2.45) is 0 Å². The summed E-state index contributed by atoms with van der Waals surface area (Å²) in [6, 6.07) is 2.90. The van der Waals surface area contributed by atoms with Crippen LogP contribution in [0.1, 0.15) is 18.4 Å². The lowest BCUT2D eigenvalue weighted by molar-refractivity contribution is -0.142. The minimum absolute atomic E-state index is 0.0255. The van der Waals surface area contributed by atoms with Crippen LogP contribution in [0.3, 0.4) is 0 Å². The molecule has 0 aliphatic carbocycles. The maximum Gasteiger partial charge on any atom is 0.326 e. The SMILES string of the molecule is O=C1CC[C@H](C(=O)N[C@@H](Cc2ccc(Cl)cc2Cl)C(=O)O)N1. The minimum atomic E-state index is -1.18. The second-order valence-electron chi connectivity index (χ2n) is 5.00. The van der Waals surface area contributed by atoms with Crippen LogP contribution < -0.4 is 10.6 Å². The van der Waals surface area contributed by atoms with Crippen molar-refractivity contribution in [2.75, 3.05) is 0 Å². The molecule has 8 heteroatoms. The lowest BCUT2D eigenvalue weighted by Gasteiger charge is -2.18. The van der Waals surface area contributed by atoms with E-state index in [1.165, 1.54) is 6.07 Å². The Morgan fingerprint density at radius 2 is 2.14 bits per heavy atom. The normalized spacial score (nSPS) is 18.6. The average Bonchev–Trinajstić information content (AvgIpc) is 2.87. The molecule has 1 saturated heterocycles. The van der Waals surface area contributed by atoms with Gasteiger partial charge in [-0.25, -0.2) is 4.79 Å². The van der Waals surface area contributed by atoms with Crippen molar-refractivity contribution in [2.45, 2.75) is 31.3 Å². The van der Waals surface area contributed by atoms with Gasteiger partial charge in [-0.15, -0.1) is 0 Å². The van der Waals surface area contributed by atoms with Crippen molar-refractivity contribution in [3.8, 4) is 0 Å². The van der Waals surface area contributed by atoms with Gasteiger partial charge >= 0.3 is 5.97 Å². The summed E-state index contributed by atoms with van der Waals surface area (Å²) in [5.41, 5.74) is 0.564. The molecule has 0 aromatic heterocycles. The quantitative estimate of drug-likeness (QED) is 0.751. The third-order valence-electron chi connectivity index (χ3n) is 3.37. The molecule has 0 bridgehead atoms. The minimum Gasteiger partial charge on any atom is -0.480 e. The van der Waals surface area contributed by atoms with Gasteiger partial charge in [-0.1, -0.05) is 29.3 Å². The zero-order valence-corrected chi connectivity index (χ0v) is 12.9. The van der Waals surface area contributed by atoms with Gasteiger partial charge in [-0.3, -0.25) is 9.59 Å². The van der Waals surface area contributed by atoms with E-state index >= 15 is 0 Å². The molecular weight excluding hydrogens is 331 g/mol. The van der Waals surface area contributed by atoms with E-state index in [0.29, 0.717) is 22.0 Å². The van der Waals surface area contributed by atoms with Gasteiger partial charge in [0.25, 0.3) is 0 Å². The number of hydrogen-bond donors (Lipinski definition) is 3. The van der Waals surface area contributed by atoms with E-state index in [2.05, 4.69) is 10.6 Å². The number of carbonyl (C=O) groups is 3. The van der Waals surface area contributed by atoms with Crippen molar-refractivity contribution >= 4 is 41.0 Å². The standard InChI is InChI=1S/C14H14Cl2N2O4/c15-8-2-1-7(9(16)6-8)5-11(14(21)22)18-13(20)10-3-4-12(19)17-10/h1-2,6,10-11H,3-5H2,(H,17,19)(H,18,20)(H,21,22)/t10-,11+/m1/s1. The highest BCUT2D eigenvalue weighted by molar-refractivity contribution is 6.35. The summed E-state index contributed by atoms with van der Waals surface area (Å²) >= 11 is 11.8. The van der Waals surface area contributed by atoms with E-state index in [1.807, 2.05) is 0 Å². The third-order valence-corrected chi connectivity index (χ3v) is 3.95. The fraction of sp³-hybridized carbons (Fsp3) is 0.357. The van der Waals surface area contributed by atoms with Crippen LogP contribution in [-0.4, -0.2) is 35.0 Å². The molecule has 0 radical (unpaired) electrons. The molecule has 1 aromatic carbocycles. The molecule has 0 spiro atoms. The van der Waals surface area contributed by atoms with Gasteiger partial charge in [-0.05, 0) is 24.1 Å². The van der Waals surface area contributed by atoms with Crippen LogP contribution >= 0.6 is 23.2 Å². The van der Waals surface area contributed by atoms with Crippen LogP contribution in [0.2, 0.25) is 10.0 Å². The van der Waals surface area contributed by atoms with Gasteiger partial charge in [0, 0.05) is 22.9 Å². The van der Waals surface area contributed by atoms with Crippen LogP contribution in [0.4, 0.5) is 0 Å². The molecule has 6 nitrogen and oxygen atoms in total. The third kappa shape index (κ3) is 4.11. The Kier molecular flexibility index (Phi) is 5.26. The predicted octanol–water partition coefficient (Wildman–Crippen LogP) is 1.38. The van der Waals surface area contributed by atoms with Crippen LogP contribution in [0.5, 0.6) is 0 Å². The van der Waals surface area contributed by atoms with Crippen molar-refractivity contribution < 1.29 is 19.5 Å². The van der Waals surface area contributed by atoms with E-state index in [1.54, 1.807) is 12.1 Å². The van der Waals surface area contributed by atoms with Crippen molar-refractivity contribution in [1.82, 2.24) is 10.6 Å². The fourth-order valence-electron chi connectivity index (χ4n) is 2.19. The Labute approximate surface area is 136 Å². The Morgan fingerprint density at radius 3 is 2.68 bits per heavy atom. The molecule has 0 saturated carbocycles. The van der Waals surface area contributed by atoms with Crippen molar-refractivity contribution in [3.63, 3.8) is 0 Å². The van der Waals surface area contributed by atoms with Gasteiger partial charge in [0.05, 0.1) is 0 Å². The van der Waals surface area contributed by atoms with E-state index in [0.717, 1.165) is 0 Å². The van der Waals surface area contributed by atoms with Gasteiger partial charge in [0.2, 0.25) is 11.8 Å². The summed E-state index contributed by atoms with van der Waals surface area (Å²) in [5, 5.41) is 14.9. The molecule has 118 valence electrons. The molecule has 2 amide bonds. The number of halogens is 2. The van der Waals surface area contributed by atoms with Gasteiger partial charge in [-0.2, -0.15) is 0 Å². The molecule has 0 unspecified atom stereocenters. The Bertz CT molecular complexity index is 621. The van der Waals surface area contributed by atoms with E-state index < -0.39 is 24.0 Å². The summed E-state index contributed by atoms with van der Waals surface area (Å²) in [6.07, 6.45) is 0.648. The number of benzene rings is 1. The lowest BCUT2D eigenvalue weighted by Crippen LogP contribution is -2.49. The number of hydrogen-bond acceptors (Lipinski definition) is 3. The van der Waals surface area contributed by atoms with E-state index in [4.69, 9.17) is 23.2 Å². The molecule has 1 heterocycles. The fourth-order valence-corrected chi connectivity index (χ4v) is 2.68. The number of rotatable bonds is 5. The zero-order chi connectivity index (χ0) is 16.3. The first-order valence-electron chi connectivity index (χ1n) is 6.63. The summed E-state index contributed by atoms with van der Waals surface area (Å²) < 4.78 is 0. The highest BCUT2D eigenvalue weighted by Crippen LogP contribution is 2.22. The Morgan fingerprint density at radius 1 is 1.41 bits per heavy atom. The molecule has 2 atom stereocenters. The number of carboxylic acids is 1. The summed E-state index contributed by atoms with van der Waals surface area (Å²) in [6.45, 7) is 0. The maximum atomic E-state index is 12.0. The first-order valence-corrected chi connectivity index (χ1v) is 7.39. The van der Waals surface area contributed by atoms with Gasteiger partial charge in [0.1, 0.15) is 12.1 Å². The van der Waals surface area contributed by atoms with E-state index in [-0.39, 0.29) is 18.7 Å². The number of carboxylic acid groups (broad SMARTS) is 1. The molecule has 2 rings (SSSR count). The second kappa shape index (κ2) is 6.98. The monoisotopic (exact) mass is 344 g/mol. The van der Waals surface area contributed by atoms with E-state index in [9.17, 15) is 19.5 Å². The smallest absolute Gasteiger partial charge is 0.326 e. The second-order valence-corrected chi connectivity index (χ2v) is 5.84. The highest BCUT2D eigenvalue weighted by Gasteiger charge is 2.30. The molecule has 3 N–H and O–H groups in total. The number of nitrogens with one attached hydrogen (secondary N) is 2. The molecule has 1 aliphatic rings. The molecule has 22 heavy (non-hydrogen) atoms. The van der Waals surface area contributed by atoms with Crippen LogP contribution in [-0.2, 0) is 20.8 Å². The molecule has 1 aromatic rings. The predicted molar refractivity (Wildman–Crippen MR) is 80.9 cm³/mol. The lowest BCUT2D eigenvalue weighted by atomic mass is 10.1. The van der Waals surface area contributed by atoms with Gasteiger partial charge in [0.15, 0.2) is 0 Å². The van der Waals surface area contributed by atoms with Crippen LogP contribution in [0.25, 0.3) is 0 Å². The first-order chi connectivity index (χ1) is 10.4. The molecule has 1 aliphatic heterocycles. The van der Waals surface area contributed by atoms with Gasteiger partial charge < -0.3 is 15.7 Å². The first kappa shape index (κ1) is 16.6. The average molecular weight is 345 g/mol. The van der Waals surface area contributed by atoms with Crippen molar-refractivity contribution in [1.29, 1.82) is 0 Å². The largest absolute Gasteiger partial charge is 0.480 e. The summed E-state index contributed by atoms with van der Waals surface area (Å²) in [5.74, 6) is -1.90. The molecule has 1 fully saturated rings. The number of carbonyl (C=O) groups excluding carboxylic acids is 2. The Hall–Kier alpha value is -1.79. The summed E-state index contributed by atoms with van der Waals surface area (Å²) in [4.78, 5) is 34.4. The highest BCUT2D eigenvalue weighted by atomic mass is 35.5. The summed E-state index contributed by atoms with van der Waals surface area (Å²) in [7, 11) is 0. The maximum absolute atomic E-state index is 12.0. The Balaban J connectivity index is 2.05. The molecular formula is C14H14Cl2N2O4.